The van der Waals surface area contributed by atoms with E-state index in [0.29, 0.717) is 22.2 Å². The van der Waals surface area contributed by atoms with E-state index in [1.54, 1.807) is 44.7 Å². The van der Waals surface area contributed by atoms with Gasteiger partial charge < -0.3 is 59.2 Å². The number of hydrogen-bond acceptors (Lipinski definition) is 15. The number of nitrogens with one attached hydrogen (secondary N) is 4. The number of carbonyl (C=O) groups is 3. The van der Waals surface area contributed by atoms with Crippen LogP contribution in [-0.2, 0) is 53.9 Å². The molecule has 0 spiro atoms. The minimum absolute atomic E-state index is 0.0863. The number of aliphatic hydroxyl groups excluding tert-OH is 2. The van der Waals surface area contributed by atoms with E-state index in [2.05, 4.69) is 44.3 Å². The third kappa shape index (κ3) is 10.0. The Bertz CT molecular complexity index is 2670. The first-order valence-corrected chi connectivity index (χ1v) is 25.3. The average molecular weight is 963 g/mol. The van der Waals surface area contributed by atoms with E-state index in [0.717, 1.165) is 24.3 Å². The first-order valence-electron chi connectivity index (χ1n) is 21.4. The second-order valence-corrected chi connectivity index (χ2v) is 20.9. The molecular weight excluding hydrogens is 909 g/mol. The van der Waals surface area contributed by atoms with E-state index in [-0.39, 0.29) is 59.1 Å². The standard InChI is InChI=1S/C47H54N4O12S3/c1-24(2)49-32-23-60-37(22-36(32)58-4)63-42-44(56)47(65-6,43(55)41-40-28(16-18-48-41)27-15-14-26(52)20-31(27)50-40)25(3)61-45(42)62-35-13-11-9-8-10-12-30-38(35)29(17-19-66(7)64)33(53)21-34(54)39(30)51-46(57)59-5/h8-9,14-18,20,24-25,32-33,35-37,39,42,44-45,48-50,53,56H,19,21-23H2,1-7H3,(H,51,57)/b9-8-,29-17-/t25?,32?,33-,35-,36?,37?,39?,42?,44?,45?,47?,66?/m0/s1. The molecule has 0 radical (unpaired) electrons. The lowest BCUT2D eigenvalue weighted by Gasteiger charge is -2.51. The smallest absolute Gasteiger partial charge is 0.407 e. The van der Waals surface area contributed by atoms with Crippen LogP contribution in [0.1, 0.15) is 44.1 Å². The number of carbonyl (C=O) groups excluding carboxylic acids is 3. The molecule has 2 fully saturated rings. The Morgan fingerprint density at radius 1 is 1.14 bits per heavy atom. The highest BCUT2D eigenvalue weighted by Gasteiger charge is 2.61. The van der Waals surface area contributed by atoms with Gasteiger partial charge in [0.2, 0.25) is 5.78 Å². The number of ketones is 2. The number of benzene rings is 1. The van der Waals surface area contributed by atoms with Gasteiger partial charge in [-0.2, -0.15) is 0 Å². The fraction of sp³-hybridized carbons (Fsp3) is 0.489. The van der Waals surface area contributed by atoms with Crippen molar-refractivity contribution in [3.63, 3.8) is 0 Å². The summed E-state index contributed by atoms with van der Waals surface area (Å²) in [5.41, 5.74) is 1.41. The minimum Gasteiger partial charge on any atom is -0.453 e. The molecule has 2 aromatic heterocycles. The Labute approximate surface area is 393 Å². The number of thioether (sulfide) groups is 1. The van der Waals surface area contributed by atoms with Crippen molar-refractivity contribution < 1.29 is 53.0 Å². The highest BCUT2D eigenvalue weighted by atomic mass is 32.8. The van der Waals surface area contributed by atoms with E-state index in [1.807, 2.05) is 20.1 Å². The van der Waals surface area contributed by atoms with Gasteiger partial charge in [-0.3, -0.25) is 14.4 Å². The topological polar surface area (TPSA) is 220 Å². The molecule has 3 aromatic rings. The number of aromatic nitrogens is 2. The number of amides is 1. The van der Waals surface area contributed by atoms with Gasteiger partial charge in [-0.25, -0.2) is 4.79 Å². The van der Waals surface area contributed by atoms with Crippen LogP contribution < -0.4 is 16.1 Å². The number of allylic oxidation sites excluding steroid dienone is 2. The van der Waals surface area contributed by atoms with Crippen molar-refractivity contribution in [2.24, 2.45) is 0 Å². The third-order valence-electron chi connectivity index (χ3n) is 12.1. The summed E-state index contributed by atoms with van der Waals surface area (Å²) in [6.07, 6.45) is -1.10. The van der Waals surface area contributed by atoms with Gasteiger partial charge in [0, 0.05) is 65.9 Å². The van der Waals surface area contributed by atoms with Gasteiger partial charge in [0.15, 0.2) is 23.8 Å². The average Bonchev–Trinajstić information content (AvgIpc) is 3.65. The molecule has 1 aromatic carbocycles. The molecular formula is C47H54N4O12S3. The molecule has 0 saturated carbocycles. The van der Waals surface area contributed by atoms with Crippen LogP contribution >= 0.6 is 11.8 Å². The van der Waals surface area contributed by atoms with Crippen molar-refractivity contribution in [3.8, 4) is 23.7 Å². The molecule has 12 atom stereocenters. The maximum atomic E-state index is 15.3. The van der Waals surface area contributed by atoms with Crippen LogP contribution in [0.4, 0.5) is 4.79 Å². The first kappa shape index (κ1) is 49.4. The summed E-state index contributed by atoms with van der Waals surface area (Å²) in [7, 11) is 2.19. The van der Waals surface area contributed by atoms with E-state index >= 15 is 4.79 Å². The summed E-state index contributed by atoms with van der Waals surface area (Å²) in [6, 6.07) is 4.96. The largest absolute Gasteiger partial charge is 0.453 e. The van der Waals surface area contributed by atoms with E-state index < -0.39 is 87.4 Å². The lowest BCUT2D eigenvalue weighted by molar-refractivity contribution is -0.322. The van der Waals surface area contributed by atoms with Crippen LogP contribution in [-0.4, -0.2) is 149 Å². The maximum Gasteiger partial charge on any atom is 0.407 e. The molecule has 4 heterocycles. The van der Waals surface area contributed by atoms with E-state index in [1.165, 1.54) is 24.3 Å². The number of methoxy groups -OCH3 is 2. The molecule has 2 saturated heterocycles. The van der Waals surface area contributed by atoms with Crippen molar-refractivity contribution in [2.45, 2.75) is 106 Å². The zero-order valence-electron chi connectivity index (χ0n) is 37.5. The molecule has 352 valence electrons. The van der Waals surface area contributed by atoms with Crippen LogP contribution in [0.3, 0.4) is 0 Å². The summed E-state index contributed by atoms with van der Waals surface area (Å²) in [4.78, 5) is 60.7. The minimum atomic E-state index is -1.76. The number of Topliss-reactive ketones (excluding diaryl/α,β-unsaturated/α-hetero) is 2. The second kappa shape index (κ2) is 21.2. The molecule has 6 N–H and O–H groups in total. The van der Waals surface area contributed by atoms with Crippen LogP contribution in [0.2, 0.25) is 0 Å². The maximum absolute atomic E-state index is 15.3. The zero-order chi connectivity index (χ0) is 47.4. The van der Waals surface area contributed by atoms with Gasteiger partial charge in [0.25, 0.3) is 0 Å². The molecule has 66 heavy (non-hydrogen) atoms. The van der Waals surface area contributed by atoms with Crippen molar-refractivity contribution in [1.82, 2.24) is 20.6 Å². The number of alkyl carbamates (subject to hydrolysis) is 1. The third-order valence-corrected chi connectivity index (χ3v) is 14.5. The number of aliphatic hydroxyl groups is 2. The molecule has 2 aliphatic heterocycles. The number of fused-ring (bicyclic) bond motifs is 3. The summed E-state index contributed by atoms with van der Waals surface area (Å²) in [5, 5.41) is 32.2. The van der Waals surface area contributed by atoms with Crippen LogP contribution in [0.25, 0.3) is 21.8 Å². The van der Waals surface area contributed by atoms with Crippen molar-refractivity contribution >= 4 is 71.9 Å². The van der Waals surface area contributed by atoms with Crippen LogP contribution in [0.5, 0.6) is 0 Å². The molecule has 7 rings (SSSR count). The number of ether oxygens (including phenoxy) is 6. The molecule has 4 aliphatic rings. The Morgan fingerprint density at radius 2 is 1.91 bits per heavy atom. The lowest BCUT2D eigenvalue weighted by Crippen LogP contribution is -2.68. The quantitative estimate of drug-likeness (QED) is 0.107. The Kier molecular flexibility index (Phi) is 15.9. The summed E-state index contributed by atoms with van der Waals surface area (Å²) in [6.45, 7) is 5.86. The van der Waals surface area contributed by atoms with Crippen molar-refractivity contribution in [2.75, 3.05) is 39.1 Å². The van der Waals surface area contributed by atoms with Crippen molar-refractivity contribution in [3.05, 3.63) is 81.3 Å². The highest BCUT2D eigenvalue weighted by Crippen LogP contribution is 2.46. The predicted molar refractivity (Wildman–Crippen MR) is 255 cm³/mol. The van der Waals surface area contributed by atoms with Gasteiger partial charge in [-0.15, -0.1) is 21.2 Å². The fourth-order valence-electron chi connectivity index (χ4n) is 8.96. The van der Waals surface area contributed by atoms with Gasteiger partial charge >= 0.3 is 6.09 Å². The van der Waals surface area contributed by atoms with Gasteiger partial charge in [0.05, 0.1) is 49.1 Å². The zero-order valence-corrected chi connectivity index (χ0v) is 39.9. The van der Waals surface area contributed by atoms with Crippen molar-refractivity contribution in [1.29, 1.82) is 0 Å². The van der Waals surface area contributed by atoms with Crippen LogP contribution in [0, 0.1) is 23.7 Å². The number of hydrogen-bond donors (Lipinski definition) is 6. The SMILES string of the molecule is COC(=O)NC1C(=O)C[C@H](O)/C(=C/CS(C)=S)C2=C1C#C/C=C\C#C[C@@H]2OC1OC(C)C(SC)(C(=O)c2[nH]ccc3c2[nH]c2cc(=O)ccc23)C(O)C1OC1CC(OC)C(NC(C)C)CO1. The Hall–Kier alpha value is -4.48. The summed E-state index contributed by atoms with van der Waals surface area (Å²) >= 11 is 6.61. The number of rotatable bonds is 13. The monoisotopic (exact) mass is 962 g/mol. The molecule has 2 aliphatic carbocycles. The number of pyridine rings is 1. The lowest BCUT2D eigenvalue weighted by atomic mass is 9.83. The molecule has 0 bridgehead atoms. The Balaban J connectivity index is 1.36. The van der Waals surface area contributed by atoms with E-state index in [9.17, 15) is 24.6 Å². The fourth-order valence-corrected chi connectivity index (χ4v) is 10.6. The van der Waals surface area contributed by atoms with Gasteiger partial charge in [-0.05, 0) is 55.4 Å². The summed E-state index contributed by atoms with van der Waals surface area (Å²) in [5.74, 6) is 11.2. The second-order valence-electron chi connectivity index (χ2n) is 16.6. The summed E-state index contributed by atoms with van der Waals surface area (Å²) < 4.78 is 35.7. The van der Waals surface area contributed by atoms with E-state index in [4.69, 9.17) is 39.6 Å². The molecule has 10 unspecified atom stereocenters. The Morgan fingerprint density at radius 3 is 2.62 bits per heavy atom. The van der Waals surface area contributed by atoms with Gasteiger partial charge in [-0.1, -0.05) is 54.8 Å². The normalized spacial score (nSPS) is 31.7. The molecule has 19 heteroatoms. The predicted octanol–water partition coefficient (Wildman–Crippen LogP) is 2.87. The molecule has 1 amide bonds. The first-order chi connectivity index (χ1) is 31.6. The number of aromatic amines is 2. The highest BCUT2D eigenvalue weighted by molar-refractivity contribution is 8.28. The van der Waals surface area contributed by atoms with Gasteiger partial charge in [0.1, 0.15) is 34.8 Å². The number of H-pyrrole nitrogens is 2. The van der Waals surface area contributed by atoms with Crippen LogP contribution in [0.15, 0.2) is 70.2 Å². The molecule has 16 nitrogen and oxygen atoms in total.